The number of anilines is 2. The maximum atomic E-state index is 12.5. The van der Waals surface area contributed by atoms with Crippen molar-refractivity contribution in [1.82, 2.24) is 5.32 Å². The summed E-state index contributed by atoms with van der Waals surface area (Å²) in [5, 5.41) is 10.3. The van der Waals surface area contributed by atoms with Gasteiger partial charge < -0.3 is 20.7 Å². The first-order chi connectivity index (χ1) is 14.1. The normalized spacial score (nSPS) is 22.2. The number of carbonyl (C=O) groups excluding carboxylic acids is 1. The van der Waals surface area contributed by atoms with Gasteiger partial charge in [-0.25, -0.2) is 0 Å². The van der Waals surface area contributed by atoms with Crippen molar-refractivity contribution < 1.29 is 9.53 Å². The minimum absolute atomic E-state index is 0.150. The monoisotopic (exact) mass is 409 g/mol. The average Bonchev–Trinajstić information content (AvgIpc) is 3.33. The summed E-state index contributed by atoms with van der Waals surface area (Å²) in [6.07, 6.45) is 5.28. The molecule has 2 bridgehead atoms. The Hall–Kier alpha value is -2.60. The number of ether oxygens (including phenoxy) is 1. The molecule has 152 valence electrons. The summed E-state index contributed by atoms with van der Waals surface area (Å²) in [6, 6.07) is 15.2. The lowest BCUT2D eigenvalue weighted by molar-refractivity contribution is 0.102. The predicted octanol–water partition coefficient (Wildman–Crippen LogP) is 4.81. The first-order valence-electron chi connectivity index (χ1n) is 10.3. The molecule has 6 heteroatoms. The van der Waals surface area contributed by atoms with E-state index in [1.54, 1.807) is 12.1 Å². The summed E-state index contributed by atoms with van der Waals surface area (Å²) >= 11 is 5.48. The molecule has 0 aliphatic heterocycles. The molecule has 2 aliphatic rings. The maximum absolute atomic E-state index is 12.5. The van der Waals surface area contributed by atoms with E-state index < -0.39 is 0 Å². The van der Waals surface area contributed by atoms with E-state index in [-0.39, 0.29) is 5.91 Å². The van der Waals surface area contributed by atoms with Gasteiger partial charge in [0.15, 0.2) is 5.11 Å². The highest BCUT2D eigenvalue weighted by molar-refractivity contribution is 7.80. The molecule has 3 atom stereocenters. The number of fused-ring (bicyclic) bond motifs is 2. The van der Waals surface area contributed by atoms with Crippen LogP contribution in [0.4, 0.5) is 11.4 Å². The molecule has 2 aromatic carbocycles. The second-order valence-electron chi connectivity index (χ2n) is 7.87. The van der Waals surface area contributed by atoms with E-state index in [1.807, 2.05) is 43.3 Å². The van der Waals surface area contributed by atoms with Crippen LogP contribution in [0, 0.1) is 11.8 Å². The molecule has 0 radical (unpaired) electrons. The highest BCUT2D eigenvalue weighted by Gasteiger charge is 2.39. The Bertz CT molecular complexity index is 867. The summed E-state index contributed by atoms with van der Waals surface area (Å²) < 4.78 is 5.42. The summed E-state index contributed by atoms with van der Waals surface area (Å²) in [5.74, 6) is 2.29. The van der Waals surface area contributed by atoms with Crippen LogP contribution in [0.3, 0.4) is 0 Å². The van der Waals surface area contributed by atoms with Crippen molar-refractivity contribution in [1.29, 1.82) is 0 Å². The molecule has 0 heterocycles. The number of carbonyl (C=O) groups is 1. The van der Waals surface area contributed by atoms with Crippen molar-refractivity contribution in [2.45, 2.75) is 38.6 Å². The largest absolute Gasteiger partial charge is 0.494 e. The maximum Gasteiger partial charge on any atom is 0.255 e. The number of thiocarbonyl (C=S) groups is 1. The fraction of sp³-hybridized carbons (Fsp3) is 0.391. The van der Waals surface area contributed by atoms with E-state index in [1.165, 1.54) is 25.7 Å². The Labute approximate surface area is 177 Å². The quantitative estimate of drug-likeness (QED) is 0.598. The minimum Gasteiger partial charge on any atom is -0.494 e. The van der Waals surface area contributed by atoms with Crippen molar-refractivity contribution in [3.8, 4) is 5.75 Å². The third-order valence-corrected chi connectivity index (χ3v) is 6.10. The summed E-state index contributed by atoms with van der Waals surface area (Å²) in [6.45, 7) is 2.56. The van der Waals surface area contributed by atoms with E-state index in [4.69, 9.17) is 17.0 Å². The lowest BCUT2D eigenvalue weighted by Gasteiger charge is -2.24. The fourth-order valence-corrected chi connectivity index (χ4v) is 4.74. The van der Waals surface area contributed by atoms with Gasteiger partial charge in [-0.15, -0.1) is 0 Å². The SMILES string of the molecule is CCOc1ccc(NC(=O)c2ccc(NC(=S)N[C@H]3C[C@H]4CC[C@H]3C4)cc2)cc1. The second kappa shape index (κ2) is 8.82. The van der Waals surface area contributed by atoms with Gasteiger partial charge in [-0.1, -0.05) is 6.42 Å². The van der Waals surface area contributed by atoms with E-state index >= 15 is 0 Å². The molecule has 4 rings (SSSR count). The fourth-order valence-electron chi connectivity index (χ4n) is 4.47. The van der Waals surface area contributed by atoms with Crippen LogP contribution in [-0.4, -0.2) is 23.7 Å². The molecule has 2 aliphatic carbocycles. The topological polar surface area (TPSA) is 62.4 Å². The zero-order valence-electron chi connectivity index (χ0n) is 16.6. The van der Waals surface area contributed by atoms with E-state index in [2.05, 4.69) is 16.0 Å². The molecule has 2 fully saturated rings. The molecule has 3 N–H and O–H groups in total. The molecular weight excluding hydrogens is 382 g/mol. The van der Waals surface area contributed by atoms with Crippen LogP contribution in [0.25, 0.3) is 0 Å². The molecule has 29 heavy (non-hydrogen) atoms. The Morgan fingerprint density at radius 2 is 1.69 bits per heavy atom. The number of hydrogen-bond acceptors (Lipinski definition) is 3. The number of amides is 1. The molecule has 5 nitrogen and oxygen atoms in total. The highest BCUT2D eigenvalue weighted by Crippen LogP contribution is 2.44. The van der Waals surface area contributed by atoms with Gasteiger partial charge in [0.25, 0.3) is 5.91 Å². The van der Waals surface area contributed by atoms with Crippen LogP contribution in [0.1, 0.15) is 43.0 Å². The average molecular weight is 410 g/mol. The Balaban J connectivity index is 1.29. The Kier molecular flexibility index (Phi) is 6.00. The number of hydrogen-bond donors (Lipinski definition) is 3. The third-order valence-electron chi connectivity index (χ3n) is 5.88. The molecule has 2 aromatic rings. The van der Waals surface area contributed by atoms with Crippen molar-refractivity contribution in [2.75, 3.05) is 17.2 Å². The van der Waals surface area contributed by atoms with Crippen molar-refractivity contribution in [2.24, 2.45) is 11.8 Å². The zero-order chi connectivity index (χ0) is 20.2. The predicted molar refractivity (Wildman–Crippen MR) is 121 cm³/mol. The summed E-state index contributed by atoms with van der Waals surface area (Å²) in [5.41, 5.74) is 2.21. The Morgan fingerprint density at radius 3 is 2.31 bits per heavy atom. The second-order valence-corrected chi connectivity index (χ2v) is 8.28. The van der Waals surface area contributed by atoms with Crippen LogP contribution in [-0.2, 0) is 0 Å². The molecule has 0 aromatic heterocycles. The molecule has 2 saturated carbocycles. The third kappa shape index (κ3) is 4.88. The van der Waals surface area contributed by atoms with Crippen LogP contribution >= 0.6 is 12.2 Å². The lowest BCUT2D eigenvalue weighted by atomic mass is 9.96. The standard InChI is InChI=1S/C23H27N3O2S/c1-2-28-20-11-9-18(10-12-20)24-22(27)16-5-7-19(8-6-16)25-23(29)26-21-14-15-3-4-17(21)13-15/h5-12,15,17,21H,2-4,13-14H2,1H3,(H,24,27)(H2,25,26,29)/t15-,17-,21-/m0/s1. The van der Waals surface area contributed by atoms with Crippen molar-refractivity contribution >= 4 is 34.6 Å². The molecule has 0 spiro atoms. The number of benzene rings is 2. The van der Waals surface area contributed by atoms with Gasteiger partial charge in [-0.3, -0.25) is 4.79 Å². The smallest absolute Gasteiger partial charge is 0.255 e. The lowest BCUT2D eigenvalue weighted by Crippen LogP contribution is -2.40. The molecule has 0 unspecified atom stereocenters. The molecule has 1 amide bonds. The minimum atomic E-state index is -0.150. The van der Waals surface area contributed by atoms with E-state index in [0.29, 0.717) is 23.3 Å². The Morgan fingerprint density at radius 1 is 1.00 bits per heavy atom. The van der Waals surface area contributed by atoms with Crippen LogP contribution in [0.2, 0.25) is 0 Å². The summed E-state index contributed by atoms with van der Waals surface area (Å²) in [4.78, 5) is 12.5. The van der Waals surface area contributed by atoms with Crippen molar-refractivity contribution in [3.63, 3.8) is 0 Å². The van der Waals surface area contributed by atoms with E-state index in [9.17, 15) is 4.79 Å². The van der Waals surface area contributed by atoms with Crippen LogP contribution in [0.15, 0.2) is 48.5 Å². The van der Waals surface area contributed by atoms with Gasteiger partial charge >= 0.3 is 0 Å². The van der Waals surface area contributed by atoms with Gasteiger partial charge in [0.05, 0.1) is 6.61 Å². The van der Waals surface area contributed by atoms with Gasteiger partial charge in [0.2, 0.25) is 0 Å². The van der Waals surface area contributed by atoms with Gasteiger partial charge in [0.1, 0.15) is 5.75 Å². The van der Waals surface area contributed by atoms with E-state index in [0.717, 1.165) is 29.0 Å². The first kappa shape index (κ1) is 19.7. The molecular formula is C23H27N3O2S. The van der Waals surface area contributed by atoms with Gasteiger partial charge in [-0.05, 0) is 98.8 Å². The zero-order valence-corrected chi connectivity index (χ0v) is 17.4. The number of rotatable bonds is 6. The first-order valence-corrected chi connectivity index (χ1v) is 10.7. The van der Waals surface area contributed by atoms with Gasteiger partial charge in [0, 0.05) is 23.0 Å². The van der Waals surface area contributed by atoms with Gasteiger partial charge in [-0.2, -0.15) is 0 Å². The van der Waals surface area contributed by atoms with Crippen LogP contribution in [0.5, 0.6) is 5.75 Å². The molecule has 0 saturated heterocycles. The highest BCUT2D eigenvalue weighted by atomic mass is 32.1. The van der Waals surface area contributed by atoms with Crippen molar-refractivity contribution in [3.05, 3.63) is 54.1 Å². The summed E-state index contributed by atoms with van der Waals surface area (Å²) in [7, 11) is 0. The number of nitrogens with one attached hydrogen (secondary N) is 3. The van der Waals surface area contributed by atoms with Crippen LogP contribution < -0.4 is 20.7 Å².